The maximum Gasteiger partial charge on any atom is 0.240 e. The van der Waals surface area contributed by atoms with Gasteiger partial charge in [-0.3, -0.25) is 9.80 Å². The predicted molar refractivity (Wildman–Crippen MR) is 113 cm³/mol. The van der Waals surface area contributed by atoms with Crippen LogP contribution >= 0.6 is 0 Å². The molecule has 2 fully saturated rings. The molecule has 0 radical (unpaired) electrons. The molecule has 2 aliphatic rings. The number of nitrogens with one attached hydrogen (secondary N) is 1. The molecule has 2 aliphatic heterocycles. The van der Waals surface area contributed by atoms with E-state index in [2.05, 4.69) is 14.5 Å². The van der Waals surface area contributed by atoms with Gasteiger partial charge in [0.2, 0.25) is 10.0 Å². The Bertz CT molecular complexity index is 1020. The van der Waals surface area contributed by atoms with Crippen molar-refractivity contribution in [1.29, 1.82) is 5.26 Å². The molecule has 2 saturated heterocycles. The van der Waals surface area contributed by atoms with E-state index in [0.717, 1.165) is 38.3 Å². The van der Waals surface area contributed by atoms with Gasteiger partial charge >= 0.3 is 0 Å². The molecule has 7 nitrogen and oxygen atoms in total. The van der Waals surface area contributed by atoms with Crippen molar-refractivity contribution in [1.82, 2.24) is 14.5 Å². The van der Waals surface area contributed by atoms with Crippen LogP contribution in [-0.4, -0.2) is 69.7 Å². The first kappa shape index (κ1) is 21.9. The Labute approximate surface area is 182 Å². The Hall–Kier alpha value is -2.35. The number of nitriles is 1. The number of morpholine rings is 2. The van der Waals surface area contributed by atoms with Crippen molar-refractivity contribution < 1.29 is 17.5 Å². The number of ether oxygens (including phenoxy) is 1. The zero-order chi connectivity index (χ0) is 21.8. The Morgan fingerprint density at radius 3 is 2.23 bits per heavy atom. The van der Waals surface area contributed by atoms with Gasteiger partial charge in [0, 0.05) is 45.8 Å². The van der Waals surface area contributed by atoms with Crippen LogP contribution in [0.25, 0.3) is 0 Å². The van der Waals surface area contributed by atoms with Crippen LogP contribution in [0.3, 0.4) is 0 Å². The summed E-state index contributed by atoms with van der Waals surface area (Å²) >= 11 is 0. The van der Waals surface area contributed by atoms with E-state index in [-0.39, 0.29) is 22.9 Å². The first-order valence-corrected chi connectivity index (χ1v) is 11.7. The summed E-state index contributed by atoms with van der Waals surface area (Å²) in [5.74, 6) is -0.229. The molecule has 4 rings (SSSR count). The van der Waals surface area contributed by atoms with Gasteiger partial charge in [-0.1, -0.05) is 12.1 Å². The summed E-state index contributed by atoms with van der Waals surface area (Å²) in [6, 6.07) is 14.4. The van der Waals surface area contributed by atoms with Gasteiger partial charge in [0.1, 0.15) is 5.82 Å². The molecule has 0 spiro atoms. The molecule has 9 heteroatoms. The van der Waals surface area contributed by atoms with Gasteiger partial charge in [0.15, 0.2) is 0 Å². The molecule has 0 amide bonds. The van der Waals surface area contributed by atoms with E-state index in [1.165, 1.54) is 36.4 Å². The largest absolute Gasteiger partial charge is 0.370 e. The van der Waals surface area contributed by atoms with Crippen LogP contribution < -0.4 is 4.72 Å². The minimum absolute atomic E-state index is 0.0723. The van der Waals surface area contributed by atoms with Crippen LogP contribution in [-0.2, 0) is 21.3 Å². The lowest BCUT2D eigenvalue weighted by atomic mass is 10.1. The van der Waals surface area contributed by atoms with E-state index in [1.54, 1.807) is 0 Å². The fourth-order valence-electron chi connectivity index (χ4n) is 4.15. The SMILES string of the molecule is N#Cc1ccc(S(=O)(=O)NCCN2CC3CN(Cc4ccc(F)cc4)CC(C2)O3)cc1. The third kappa shape index (κ3) is 5.67. The fourth-order valence-corrected chi connectivity index (χ4v) is 5.17. The Kier molecular flexibility index (Phi) is 6.65. The van der Waals surface area contributed by atoms with E-state index < -0.39 is 10.0 Å². The second-order valence-electron chi connectivity index (χ2n) is 7.99. The second-order valence-corrected chi connectivity index (χ2v) is 9.76. The zero-order valence-electron chi connectivity index (χ0n) is 17.1. The highest BCUT2D eigenvalue weighted by Gasteiger charge is 2.34. The highest BCUT2D eigenvalue weighted by molar-refractivity contribution is 7.89. The summed E-state index contributed by atoms with van der Waals surface area (Å²) < 4.78 is 46.7. The summed E-state index contributed by atoms with van der Waals surface area (Å²) in [4.78, 5) is 4.72. The zero-order valence-corrected chi connectivity index (χ0v) is 17.9. The third-order valence-corrected chi connectivity index (χ3v) is 7.04. The number of hydrogen-bond donors (Lipinski definition) is 1. The molecule has 2 aromatic carbocycles. The molecule has 164 valence electrons. The summed E-state index contributed by atoms with van der Waals surface area (Å²) in [5, 5.41) is 8.84. The minimum atomic E-state index is -3.60. The lowest BCUT2D eigenvalue weighted by Gasteiger charge is -2.46. The fraction of sp³-hybridized carbons (Fsp3) is 0.409. The maximum absolute atomic E-state index is 13.1. The Morgan fingerprint density at radius 1 is 1.00 bits per heavy atom. The quantitative estimate of drug-likeness (QED) is 0.698. The minimum Gasteiger partial charge on any atom is -0.370 e. The van der Waals surface area contributed by atoms with Crippen LogP contribution in [0, 0.1) is 17.1 Å². The van der Waals surface area contributed by atoms with Crippen LogP contribution in [0.5, 0.6) is 0 Å². The molecular formula is C22H25FN4O3S. The van der Waals surface area contributed by atoms with Gasteiger partial charge in [0.05, 0.1) is 28.7 Å². The number of halogens is 1. The van der Waals surface area contributed by atoms with Gasteiger partial charge in [-0.05, 0) is 42.0 Å². The average Bonchev–Trinajstić information content (AvgIpc) is 2.75. The maximum atomic E-state index is 13.1. The van der Waals surface area contributed by atoms with Gasteiger partial charge in [-0.25, -0.2) is 17.5 Å². The molecule has 0 aromatic heterocycles. The van der Waals surface area contributed by atoms with Crippen molar-refractivity contribution in [3.8, 4) is 6.07 Å². The van der Waals surface area contributed by atoms with E-state index in [9.17, 15) is 12.8 Å². The second kappa shape index (κ2) is 9.42. The molecule has 31 heavy (non-hydrogen) atoms. The lowest BCUT2D eigenvalue weighted by Crippen LogP contribution is -2.59. The Morgan fingerprint density at radius 2 is 1.61 bits per heavy atom. The number of fused-ring (bicyclic) bond motifs is 2. The number of benzene rings is 2. The number of rotatable bonds is 7. The molecular weight excluding hydrogens is 419 g/mol. The smallest absolute Gasteiger partial charge is 0.240 e. The molecule has 0 aliphatic carbocycles. The average molecular weight is 445 g/mol. The third-order valence-electron chi connectivity index (χ3n) is 5.57. The van der Waals surface area contributed by atoms with E-state index in [1.807, 2.05) is 18.2 Å². The van der Waals surface area contributed by atoms with Crippen molar-refractivity contribution in [2.45, 2.75) is 23.6 Å². The van der Waals surface area contributed by atoms with E-state index >= 15 is 0 Å². The molecule has 2 atom stereocenters. The number of nitrogens with zero attached hydrogens (tertiary/aromatic N) is 3. The summed E-state index contributed by atoms with van der Waals surface area (Å²) in [5.41, 5.74) is 1.50. The Balaban J connectivity index is 1.25. The van der Waals surface area contributed by atoms with Crippen LogP contribution in [0.4, 0.5) is 4.39 Å². The number of sulfonamides is 1. The summed E-state index contributed by atoms with van der Waals surface area (Å²) in [6.45, 7) is 4.75. The molecule has 0 saturated carbocycles. The molecule has 2 bridgehead atoms. The monoisotopic (exact) mass is 444 g/mol. The highest BCUT2D eigenvalue weighted by atomic mass is 32.2. The topological polar surface area (TPSA) is 85.7 Å². The van der Waals surface area contributed by atoms with Crippen LogP contribution in [0.1, 0.15) is 11.1 Å². The lowest BCUT2D eigenvalue weighted by molar-refractivity contribution is -0.139. The normalized spacial score (nSPS) is 22.2. The van der Waals surface area contributed by atoms with Gasteiger partial charge in [0.25, 0.3) is 0 Å². The van der Waals surface area contributed by atoms with Gasteiger partial charge < -0.3 is 4.74 Å². The van der Waals surface area contributed by atoms with Crippen LogP contribution in [0.2, 0.25) is 0 Å². The van der Waals surface area contributed by atoms with E-state index in [4.69, 9.17) is 10.00 Å². The molecule has 2 heterocycles. The van der Waals surface area contributed by atoms with Crippen LogP contribution in [0.15, 0.2) is 53.4 Å². The van der Waals surface area contributed by atoms with Crippen molar-refractivity contribution in [3.05, 3.63) is 65.5 Å². The first-order chi connectivity index (χ1) is 14.9. The molecule has 1 N–H and O–H groups in total. The van der Waals surface area contributed by atoms with E-state index in [0.29, 0.717) is 18.7 Å². The van der Waals surface area contributed by atoms with Crippen molar-refractivity contribution in [2.75, 3.05) is 39.3 Å². The summed E-state index contributed by atoms with van der Waals surface area (Å²) in [7, 11) is -3.60. The van der Waals surface area contributed by atoms with Crippen molar-refractivity contribution in [3.63, 3.8) is 0 Å². The number of hydrogen-bond acceptors (Lipinski definition) is 6. The summed E-state index contributed by atoms with van der Waals surface area (Å²) in [6.07, 6.45) is 0.145. The first-order valence-electron chi connectivity index (χ1n) is 10.3. The van der Waals surface area contributed by atoms with Crippen molar-refractivity contribution in [2.24, 2.45) is 0 Å². The highest BCUT2D eigenvalue weighted by Crippen LogP contribution is 2.21. The van der Waals surface area contributed by atoms with Crippen molar-refractivity contribution >= 4 is 10.0 Å². The predicted octanol–water partition coefficient (Wildman–Crippen LogP) is 1.56. The molecule has 2 unspecified atom stereocenters. The standard InChI is InChI=1S/C22H25FN4O3S/c23-19-5-1-18(2-6-19)12-27-15-20-13-26(14-21(16-27)30-20)10-9-25-31(28,29)22-7-3-17(11-24)4-8-22/h1-8,20-21,25H,9-10,12-16H2. The van der Waals surface area contributed by atoms with Gasteiger partial charge in [-0.15, -0.1) is 0 Å². The molecule has 2 aromatic rings. The van der Waals surface area contributed by atoms with Gasteiger partial charge in [-0.2, -0.15) is 5.26 Å².